The zero-order valence-electron chi connectivity index (χ0n) is 12.8. The summed E-state index contributed by atoms with van der Waals surface area (Å²) in [4.78, 5) is 4.28. The van der Waals surface area contributed by atoms with E-state index in [-0.39, 0.29) is 0 Å². The molecule has 2 aromatic rings. The first kappa shape index (κ1) is 14.9. The van der Waals surface area contributed by atoms with Gasteiger partial charge in [0.25, 0.3) is 0 Å². The van der Waals surface area contributed by atoms with Crippen molar-refractivity contribution in [2.75, 3.05) is 6.54 Å². The Bertz CT molecular complexity index is 512. The molecule has 2 aromatic heterocycles. The third-order valence-electron chi connectivity index (χ3n) is 3.60. The van der Waals surface area contributed by atoms with Gasteiger partial charge in [0.2, 0.25) is 0 Å². The van der Waals surface area contributed by atoms with Crippen molar-refractivity contribution in [3.05, 3.63) is 42.2 Å². The Morgan fingerprint density at radius 1 is 1.25 bits per heavy atom. The van der Waals surface area contributed by atoms with E-state index in [1.54, 1.807) is 0 Å². The lowest BCUT2D eigenvalue weighted by Crippen LogP contribution is -2.22. The van der Waals surface area contributed by atoms with Crippen LogP contribution in [0, 0.1) is 0 Å². The zero-order valence-corrected chi connectivity index (χ0v) is 12.8. The normalized spacial score (nSPS) is 12.8. The Morgan fingerprint density at radius 3 is 2.85 bits per heavy atom. The molecule has 1 unspecified atom stereocenters. The van der Waals surface area contributed by atoms with Crippen LogP contribution in [0.15, 0.2) is 30.9 Å². The van der Waals surface area contributed by atoms with Gasteiger partial charge in [0.05, 0.1) is 18.6 Å². The van der Waals surface area contributed by atoms with Crippen LogP contribution in [0.3, 0.4) is 0 Å². The molecule has 20 heavy (non-hydrogen) atoms. The van der Waals surface area contributed by atoms with E-state index in [1.165, 1.54) is 11.4 Å². The minimum Gasteiger partial charge on any atom is -0.344 e. The van der Waals surface area contributed by atoms with Gasteiger partial charge in [-0.1, -0.05) is 13.8 Å². The molecule has 110 valence electrons. The van der Waals surface area contributed by atoms with Crippen LogP contribution in [0.2, 0.25) is 0 Å². The van der Waals surface area contributed by atoms with Crippen molar-refractivity contribution in [3.63, 3.8) is 0 Å². The molecule has 0 saturated heterocycles. The third-order valence-corrected chi connectivity index (χ3v) is 3.60. The van der Waals surface area contributed by atoms with Crippen LogP contribution in [0.1, 0.15) is 51.0 Å². The van der Waals surface area contributed by atoms with Gasteiger partial charge in [0.15, 0.2) is 0 Å². The highest BCUT2D eigenvalue weighted by molar-refractivity contribution is 5.14. The molecule has 2 heterocycles. The number of hydrogen-bond donors (Lipinski definition) is 1. The van der Waals surface area contributed by atoms with Gasteiger partial charge in [-0.25, -0.2) is 4.98 Å². The number of aryl methyl sites for hydroxylation is 1. The third kappa shape index (κ3) is 3.51. The van der Waals surface area contributed by atoms with E-state index in [0.29, 0.717) is 6.04 Å². The maximum Gasteiger partial charge on any atom is 0.0948 e. The summed E-state index contributed by atoms with van der Waals surface area (Å²) < 4.78 is 4.56. The van der Waals surface area contributed by atoms with E-state index in [9.17, 15) is 0 Å². The van der Waals surface area contributed by atoms with Crippen LogP contribution in [0.5, 0.6) is 0 Å². The maximum atomic E-state index is 4.28. The van der Waals surface area contributed by atoms with Gasteiger partial charge in [-0.05, 0) is 38.4 Å². The number of hydrogen-bond acceptors (Lipinski definition) is 2. The van der Waals surface area contributed by atoms with Crippen molar-refractivity contribution in [1.29, 1.82) is 0 Å². The van der Waals surface area contributed by atoms with E-state index in [0.717, 1.165) is 32.5 Å². The molecule has 4 heteroatoms. The molecule has 0 radical (unpaired) electrons. The average molecular weight is 274 g/mol. The molecule has 0 bridgehead atoms. The Kier molecular flexibility index (Phi) is 5.41. The lowest BCUT2D eigenvalue weighted by molar-refractivity contribution is 0.527. The summed E-state index contributed by atoms with van der Waals surface area (Å²) in [7, 11) is 0. The first-order valence-corrected chi connectivity index (χ1v) is 7.63. The van der Waals surface area contributed by atoms with Crippen LogP contribution in [-0.4, -0.2) is 20.7 Å². The van der Waals surface area contributed by atoms with Gasteiger partial charge in [0, 0.05) is 30.7 Å². The SMILES string of the molecule is CCCNC(C)c1cccn1Cc1cncn1CCC. The van der Waals surface area contributed by atoms with Crippen molar-refractivity contribution in [2.24, 2.45) is 0 Å². The first-order valence-electron chi connectivity index (χ1n) is 7.63. The molecule has 0 spiro atoms. The van der Waals surface area contributed by atoms with E-state index < -0.39 is 0 Å². The second kappa shape index (κ2) is 7.29. The number of rotatable bonds is 8. The predicted octanol–water partition coefficient (Wildman–Crippen LogP) is 3.20. The smallest absolute Gasteiger partial charge is 0.0948 e. The molecule has 4 nitrogen and oxygen atoms in total. The summed E-state index contributed by atoms with van der Waals surface area (Å²) in [6, 6.07) is 4.71. The molecule has 0 saturated carbocycles. The molecule has 1 N–H and O–H groups in total. The van der Waals surface area contributed by atoms with Gasteiger partial charge >= 0.3 is 0 Å². The summed E-state index contributed by atoms with van der Waals surface area (Å²) in [5.41, 5.74) is 2.61. The fraction of sp³-hybridized carbons (Fsp3) is 0.562. The van der Waals surface area contributed by atoms with Crippen molar-refractivity contribution in [1.82, 2.24) is 19.4 Å². The summed E-state index contributed by atoms with van der Waals surface area (Å²) >= 11 is 0. The molecule has 0 amide bonds. The second-order valence-electron chi connectivity index (χ2n) is 5.32. The summed E-state index contributed by atoms with van der Waals surface area (Å²) in [6.07, 6.45) is 8.36. The monoisotopic (exact) mass is 274 g/mol. The Morgan fingerprint density at radius 2 is 2.10 bits per heavy atom. The topological polar surface area (TPSA) is 34.8 Å². The van der Waals surface area contributed by atoms with Crippen molar-refractivity contribution in [2.45, 2.75) is 52.7 Å². The summed E-state index contributed by atoms with van der Waals surface area (Å²) in [5, 5.41) is 3.55. The molecule has 1 atom stereocenters. The van der Waals surface area contributed by atoms with Crippen LogP contribution >= 0.6 is 0 Å². The highest BCUT2D eigenvalue weighted by atomic mass is 15.1. The fourth-order valence-corrected chi connectivity index (χ4v) is 2.53. The lowest BCUT2D eigenvalue weighted by atomic mass is 10.2. The van der Waals surface area contributed by atoms with Crippen LogP contribution < -0.4 is 5.32 Å². The van der Waals surface area contributed by atoms with E-state index >= 15 is 0 Å². The Hall–Kier alpha value is -1.55. The molecule has 0 aliphatic heterocycles. The minimum absolute atomic E-state index is 0.382. The highest BCUT2D eigenvalue weighted by Crippen LogP contribution is 2.15. The number of nitrogens with zero attached hydrogens (tertiary/aromatic N) is 3. The van der Waals surface area contributed by atoms with Crippen LogP contribution in [0.25, 0.3) is 0 Å². The zero-order chi connectivity index (χ0) is 14.4. The van der Waals surface area contributed by atoms with Gasteiger partial charge in [-0.15, -0.1) is 0 Å². The minimum atomic E-state index is 0.382. The largest absolute Gasteiger partial charge is 0.344 e. The standard InChI is InChI=1S/C16H26N4/c1-4-8-18-14(3)16-7-6-10-19(16)12-15-11-17-13-20(15)9-5-2/h6-7,10-11,13-14,18H,4-5,8-9,12H2,1-3H3. The van der Waals surface area contributed by atoms with E-state index in [2.05, 4.69) is 58.5 Å². The van der Waals surface area contributed by atoms with E-state index in [1.807, 2.05) is 12.5 Å². The van der Waals surface area contributed by atoms with Gasteiger partial charge in [-0.2, -0.15) is 0 Å². The van der Waals surface area contributed by atoms with Crippen molar-refractivity contribution < 1.29 is 0 Å². The molecule has 0 fully saturated rings. The highest BCUT2D eigenvalue weighted by Gasteiger charge is 2.11. The second-order valence-corrected chi connectivity index (χ2v) is 5.32. The van der Waals surface area contributed by atoms with Gasteiger partial charge in [0.1, 0.15) is 0 Å². The maximum absolute atomic E-state index is 4.28. The fourth-order valence-electron chi connectivity index (χ4n) is 2.53. The molecular formula is C16H26N4. The van der Waals surface area contributed by atoms with Crippen molar-refractivity contribution in [3.8, 4) is 0 Å². The Balaban J connectivity index is 2.10. The van der Waals surface area contributed by atoms with Gasteiger partial charge in [-0.3, -0.25) is 0 Å². The quantitative estimate of drug-likeness (QED) is 0.802. The number of nitrogens with one attached hydrogen (secondary N) is 1. The molecule has 2 rings (SSSR count). The molecule has 0 aliphatic carbocycles. The molecule has 0 aromatic carbocycles. The van der Waals surface area contributed by atoms with Crippen molar-refractivity contribution >= 4 is 0 Å². The predicted molar refractivity (Wildman–Crippen MR) is 82.8 cm³/mol. The summed E-state index contributed by atoms with van der Waals surface area (Å²) in [5.74, 6) is 0. The summed E-state index contributed by atoms with van der Waals surface area (Å²) in [6.45, 7) is 9.60. The lowest BCUT2D eigenvalue weighted by Gasteiger charge is -2.17. The molecular weight excluding hydrogens is 248 g/mol. The number of aromatic nitrogens is 3. The van der Waals surface area contributed by atoms with E-state index in [4.69, 9.17) is 0 Å². The number of imidazole rings is 1. The van der Waals surface area contributed by atoms with Crippen LogP contribution in [-0.2, 0) is 13.1 Å². The first-order chi connectivity index (χ1) is 9.76. The van der Waals surface area contributed by atoms with Crippen LogP contribution in [0.4, 0.5) is 0 Å². The molecule has 0 aliphatic rings. The van der Waals surface area contributed by atoms with Gasteiger partial charge < -0.3 is 14.5 Å². The average Bonchev–Trinajstić information content (AvgIpc) is 3.07. The Labute approximate surface area is 121 Å².